The third-order valence-electron chi connectivity index (χ3n) is 5.47. The Kier molecular flexibility index (Phi) is 6.80. The lowest BCUT2D eigenvalue weighted by Crippen LogP contribution is -2.37. The SMILES string of the molecule is c1csc(N2P(c3cccs3)N=P(c3cccs3)(c3cccs3)N(c3cccs3)P2c2cccs2)c1. The molecule has 0 aromatic carbocycles. The number of nitrogens with zero attached hydrogens (tertiary/aromatic N) is 3. The van der Waals surface area contributed by atoms with Crippen LogP contribution in [0.3, 0.4) is 0 Å². The highest BCUT2D eigenvalue weighted by Gasteiger charge is 2.50. The lowest BCUT2D eigenvalue weighted by Gasteiger charge is -2.51. The molecule has 3 nitrogen and oxygen atoms in total. The molecular formula is C24H18N3P3S6. The molecule has 7 heterocycles. The van der Waals surface area contributed by atoms with Crippen LogP contribution >= 0.6 is 91.7 Å². The fourth-order valence-electron chi connectivity index (χ4n) is 4.04. The highest BCUT2D eigenvalue weighted by molar-refractivity contribution is 8.06. The Labute approximate surface area is 236 Å². The third-order valence-corrected chi connectivity index (χ3v) is 23.3. The molecule has 2 atom stereocenters. The van der Waals surface area contributed by atoms with Crippen LogP contribution in [-0.2, 0) is 0 Å². The van der Waals surface area contributed by atoms with E-state index in [-0.39, 0.29) is 0 Å². The van der Waals surface area contributed by atoms with Crippen molar-refractivity contribution in [1.29, 1.82) is 0 Å². The zero-order valence-electron chi connectivity index (χ0n) is 18.5. The first-order valence-electron chi connectivity index (χ1n) is 10.9. The molecule has 0 saturated carbocycles. The molecule has 0 aliphatic carbocycles. The zero-order chi connectivity index (χ0) is 24.0. The molecule has 2 unspecified atom stereocenters. The van der Waals surface area contributed by atoms with E-state index in [0.29, 0.717) is 0 Å². The molecule has 0 bridgehead atoms. The van der Waals surface area contributed by atoms with Gasteiger partial charge in [0.05, 0.1) is 18.5 Å². The predicted octanol–water partition coefficient (Wildman–Crippen LogP) is 9.42. The monoisotopic (exact) mass is 633 g/mol. The predicted molar refractivity (Wildman–Crippen MR) is 173 cm³/mol. The van der Waals surface area contributed by atoms with Crippen molar-refractivity contribution in [3.8, 4) is 0 Å². The first kappa shape index (κ1) is 24.0. The quantitative estimate of drug-likeness (QED) is 0.170. The van der Waals surface area contributed by atoms with E-state index in [1.54, 1.807) is 0 Å². The summed E-state index contributed by atoms with van der Waals surface area (Å²) in [6.45, 7) is 0. The van der Waals surface area contributed by atoms with Crippen molar-refractivity contribution in [1.82, 2.24) is 0 Å². The normalized spacial score (nSPS) is 19.4. The van der Waals surface area contributed by atoms with Crippen molar-refractivity contribution < 1.29 is 0 Å². The van der Waals surface area contributed by atoms with Gasteiger partial charge in [0, 0.05) is 0 Å². The topological polar surface area (TPSA) is 18.8 Å². The molecule has 6 aromatic rings. The van der Waals surface area contributed by atoms with Crippen LogP contribution < -0.4 is 27.4 Å². The van der Waals surface area contributed by atoms with Crippen LogP contribution in [0.2, 0.25) is 0 Å². The third kappa shape index (κ3) is 3.96. The van der Waals surface area contributed by atoms with Crippen molar-refractivity contribution in [2.24, 2.45) is 4.52 Å². The maximum atomic E-state index is 6.07. The van der Waals surface area contributed by atoms with Gasteiger partial charge in [-0.2, -0.15) is 0 Å². The highest BCUT2D eigenvalue weighted by Crippen LogP contribution is 2.79. The summed E-state index contributed by atoms with van der Waals surface area (Å²) in [5.74, 6) is 0. The fraction of sp³-hybridized carbons (Fsp3) is 0. The number of hydrogen-bond donors (Lipinski definition) is 0. The zero-order valence-corrected chi connectivity index (χ0v) is 26.1. The Morgan fingerprint density at radius 1 is 0.556 bits per heavy atom. The van der Waals surface area contributed by atoms with E-state index < -0.39 is 23.7 Å². The van der Waals surface area contributed by atoms with Crippen LogP contribution in [0.25, 0.3) is 0 Å². The van der Waals surface area contributed by atoms with Gasteiger partial charge in [-0.1, -0.05) is 24.3 Å². The van der Waals surface area contributed by atoms with Crippen LogP contribution in [0.4, 0.5) is 10.0 Å². The Morgan fingerprint density at radius 3 is 1.61 bits per heavy atom. The minimum absolute atomic E-state index is 0.889. The molecule has 12 heteroatoms. The van der Waals surface area contributed by atoms with Gasteiger partial charge < -0.3 is 0 Å². The van der Waals surface area contributed by atoms with Crippen molar-refractivity contribution >= 4 is 120 Å². The molecule has 0 saturated heterocycles. The van der Waals surface area contributed by atoms with E-state index in [4.69, 9.17) is 4.52 Å². The highest BCUT2D eigenvalue weighted by atomic mass is 32.1. The lowest BCUT2D eigenvalue weighted by molar-refractivity contribution is 1.55. The summed E-state index contributed by atoms with van der Waals surface area (Å²) in [5, 5.41) is 15.9. The van der Waals surface area contributed by atoms with Gasteiger partial charge in [0.25, 0.3) is 0 Å². The van der Waals surface area contributed by atoms with E-state index in [0.717, 1.165) is 0 Å². The van der Waals surface area contributed by atoms with E-state index in [1.807, 2.05) is 68.0 Å². The number of anilines is 2. The molecule has 0 amide bonds. The second kappa shape index (κ2) is 10.2. The molecule has 0 radical (unpaired) electrons. The van der Waals surface area contributed by atoms with Crippen LogP contribution in [0, 0.1) is 0 Å². The molecular weight excluding hydrogens is 616 g/mol. The van der Waals surface area contributed by atoms with Crippen molar-refractivity contribution in [3.63, 3.8) is 0 Å². The summed E-state index contributed by atoms with van der Waals surface area (Å²) in [6.07, 6.45) is 0. The lowest BCUT2D eigenvalue weighted by atomic mass is 10.6. The van der Waals surface area contributed by atoms with Crippen molar-refractivity contribution in [2.45, 2.75) is 0 Å². The molecule has 0 N–H and O–H groups in total. The van der Waals surface area contributed by atoms with Gasteiger partial charge >= 0.3 is 0 Å². The second-order valence-electron chi connectivity index (χ2n) is 7.56. The van der Waals surface area contributed by atoms with Gasteiger partial charge in [-0.3, -0.25) is 8.88 Å². The molecule has 0 spiro atoms. The summed E-state index contributed by atoms with van der Waals surface area (Å²) < 4.78 is 17.1. The minimum atomic E-state index is -2.29. The van der Waals surface area contributed by atoms with Gasteiger partial charge in [0.2, 0.25) is 0 Å². The summed E-state index contributed by atoms with van der Waals surface area (Å²) in [6, 6.07) is 27.0. The molecule has 1 aliphatic heterocycles. The number of thiophene rings is 6. The number of hydrogen-bond acceptors (Lipinski definition) is 9. The molecule has 1 aliphatic rings. The van der Waals surface area contributed by atoms with Gasteiger partial charge in [-0.05, 0) is 80.8 Å². The van der Waals surface area contributed by atoms with E-state index in [9.17, 15) is 0 Å². The molecule has 180 valence electrons. The molecule has 36 heavy (non-hydrogen) atoms. The van der Waals surface area contributed by atoms with Gasteiger partial charge in [0.15, 0.2) is 16.4 Å². The van der Waals surface area contributed by atoms with Gasteiger partial charge in [-0.15, -0.1) is 68.0 Å². The van der Waals surface area contributed by atoms with E-state index in [2.05, 4.69) is 114 Å². The van der Waals surface area contributed by atoms with E-state index in [1.165, 1.54) is 28.5 Å². The first-order valence-corrected chi connectivity index (χ1v) is 20.4. The maximum Gasteiger partial charge on any atom is 0.166 e. The Balaban J connectivity index is 1.63. The maximum absolute atomic E-state index is 6.07. The van der Waals surface area contributed by atoms with Gasteiger partial charge in [-0.25, -0.2) is 4.52 Å². The Hall–Kier alpha value is -1.11. The van der Waals surface area contributed by atoms with Crippen molar-refractivity contribution in [3.05, 3.63) is 105 Å². The fourth-order valence-corrected chi connectivity index (χ4v) is 25.6. The van der Waals surface area contributed by atoms with Gasteiger partial charge in [0.1, 0.15) is 17.2 Å². The number of rotatable bonds is 6. The Morgan fingerprint density at radius 2 is 1.08 bits per heavy atom. The molecule has 0 fully saturated rings. The standard InChI is InChI=1S/C24H18N3P3S6/c1-7-19(31-13-1)26-28(21-9-3-15-33-21)25-30(23-11-5-17-35-23,24-12-6-18-36-24)27(20-8-2-14-32-20)29(26)22-10-4-16-34-22/h1-18H. The van der Waals surface area contributed by atoms with Crippen LogP contribution in [0.5, 0.6) is 0 Å². The Bertz CT molecular complexity index is 1520. The van der Waals surface area contributed by atoms with Crippen LogP contribution in [0.1, 0.15) is 0 Å². The summed E-state index contributed by atoms with van der Waals surface area (Å²) in [7, 11) is -4.12. The second-order valence-corrected chi connectivity index (χ2v) is 21.6. The first-order chi connectivity index (χ1) is 17.9. The summed E-state index contributed by atoms with van der Waals surface area (Å²) in [4.78, 5) is 0. The van der Waals surface area contributed by atoms with Crippen LogP contribution in [0.15, 0.2) is 110 Å². The largest absolute Gasteiger partial charge is 0.277 e. The average molecular weight is 634 g/mol. The smallest absolute Gasteiger partial charge is 0.166 e. The van der Waals surface area contributed by atoms with Crippen LogP contribution in [-0.4, -0.2) is 0 Å². The summed E-state index contributed by atoms with van der Waals surface area (Å²) in [5.41, 5.74) is 0. The summed E-state index contributed by atoms with van der Waals surface area (Å²) >= 11 is 11.1. The molecule has 6 aromatic heterocycles. The van der Waals surface area contributed by atoms with Crippen molar-refractivity contribution in [2.75, 3.05) is 8.88 Å². The van der Waals surface area contributed by atoms with E-state index >= 15 is 0 Å². The minimum Gasteiger partial charge on any atom is -0.277 e. The molecule has 7 rings (SSSR count). The average Bonchev–Trinajstić information content (AvgIpc) is 3.79.